The van der Waals surface area contributed by atoms with Gasteiger partial charge in [-0.3, -0.25) is 4.79 Å². The average molecular weight is 374 g/mol. The molecule has 0 bridgehead atoms. The number of thioether (sulfide) groups is 1. The van der Waals surface area contributed by atoms with Gasteiger partial charge in [-0.15, -0.1) is 11.8 Å². The van der Waals surface area contributed by atoms with Crippen LogP contribution in [0.25, 0.3) is 0 Å². The molecule has 0 saturated carbocycles. The van der Waals surface area contributed by atoms with Crippen LogP contribution in [-0.4, -0.2) is 18.2 Å². The van der Waals surface area contributed by atoms with Crippen molar-refractivity contribution in [2.24, 2.45) is 0 Å². The number of nitrogens with zero attached hydrogens (tertiary/aromatic N) is 1. The van der Waals surface area contributed by atoms with Crippen molar-refractivity contribution >= 4 is 23.4 Å². The maximum atomic E-state index is 13.3. The number of carbonyl (C=O) groups excluding carboxylic acids is 1. The molecule has 4 rings (SSSR count). The Labute approximate surface area is 165 Å². The fraction of sp³-hybridized carbons (Fsp3) is 0.208. The van der Waals surface area contributed by atoms with Gasteiger partial charge in [-0.25, -0.2) is 0 Å². The molecule has 3 aromatic carbocycles. The second kappa shape index (κ2) is 7.24. The summed E-state index contributed by atoms with van der Waals surface area (Å²) >= 11 is 1.67. The standard InChI is InChI=1S/C24H23NOS/c1-16-9-12-19(13-10-16)27-23-22(18-7-5-4-6-8-18)20-15-17(2)11-14-21(20)25(3)24(23)26/h4-15,22-23H,1-3H3/t22-,23-/m1/s1. The van der Waals surface area contributed by atoms with E-state index in [1.165, 1.54) is 22.3 Å². The van der Waals surface area contributed by atoms with E-state index >= 15 is 0 Å². The zero-order valence-electron chi connectivity index (χ0n) is 15.8. The smallest absolute Gasteiger partial charge is 0.241 e. The summed E-state index contributed by atoms with van der Waals surface area (Å²) in [6, 6.07) is 25.2. The Morgan fingerprint density at radius 1 is 0.852 bits per heavy atom. The number of hydrogen-bond donors (Lipinski definition) is 0. The quantitative estimate of drug-likeness (QED) is 0.598. The van der Waals surface area contributed by atoms with Crippen LogP contribution in [0, 0.1) is 13.8 Å². The molecular weight excluding hydrogens is 350 g/mol. The first kappa shape index (κ1) is 17.9. The van der Waals surface area contributed by atoms with Crippen molar-refractivity contribution in [1.82, 2.24) is 0 Å². The minimum Gasteiger partial charge on any atom is -0.314 e. The third kappa shape index (κ3) is 3.40. The molecule has 2 nitrogen and oxygen atoms in total. The predicted molar refractivity (Wildman–Crippen MR) is 114 cm³/mol. The summed E-state index contributed by atoms with van der Waals surface area (Å²) in [5.41, 5.74) is 5.88. The van der Waals surface area contributed by atoms with E-state index in [0.29, 0.717) is 0 Å². The molecule has 0 radical (unpaired) electrons. The van der Waals surface area contributed by atoms with Crippen LogP contribution in [0.15, 0.2) is 77.7 Å². The number of hydrogen-bond acceptors (Lipinski definition) is 2. The van der Waals surface area contributed by atoms with Gasteiger partial charge in [0, 0.05) is 23.5 Å². The molecule has 27 heavy (non-hydrogen) atoms. The highest BCUT2D eigenvalue weighted by atomic mass is 32.2. The minimum absolute atomic E-state index is 0.0381. The maximum absolute atomic E-state index is 13.3. The lowest BCUT2D eigenvalue weighted by Gasteiger charge is -2.38. The van der Waals surface area contributed by atoms with E-state index < -0.39 is 0 Å². The molecule has 0 aliphatic carbocycles. The van der Waals surface area contributed by atoms with Crippen molar-refractivity contribution in [1.29, 1.82) is 0 Å². The SMILES string of the molecule is Cc1ccc(S[C@H]2C(=O)N(C)c3ccc(C)cc3[C@H]2c2ccccc2)cc1. The summed E-state index contributed by atoms with van der Waals surface area (Å²) < 4.78 is 0. The lowest BCUT2D eigenvalue weighted by Crippen LogP contribution is -2.43. The molecule has 1 aliphatic heterocycles. The van der Waals surface area contributed by atoms with Crippen molar-refractivity contribution in [3.8, 4) is 0 Å². The van der Waals surface area contributed by atoms with Crippen molar-refractivity contribution < 1.29 is 4.79 Å². The third-order valence-electron chi connectivity index (χ3n) is 5.20. The second-order valence-electron chi connectivity index (χ2n) is 7.20. The fourth-order valence-electron chi connectivity index (χ4n) is 3.74. The van der Waals surface area contributed by atoms with E-state index in [2.05, 4.69) is 80.6 Å². The van der Waals surface area contributed by atoms with Crippen LogP contribution in [0.3, 0.4) is 0 Å². The van der Waals surface area contributed by atoms with Gasteiger partial charge in [0.1, 0.15) is 0 Å². The number of amides is 1. The van der Waals surface area contributed by atoms with Crippen LogP contribution in [0.2, 0.25) is 0 Å². The summed E-state index contributed by atoms with van der Waals surface area (Å²) in [4.78, 5) is 16.3. The van der Waals surface area contributed by atoms with E-state index in [1.807, 2.05) is 18.0 Å². The van der Waals surface area contributed by atoms with Gasteiger partial charge in [0.05, 0.1) is 5.25 Å². The highest BCUT2D eigenvalue weighted by Crippen LogP contribution is 2.46. The summed E-state index contributed by atoms with van der Waals surface area (Å²) in [6.45, 7) is 4.20. The van der Waals surface area contributed by atoms with E-state index in [9.17, 15) is 4.79 Å². The number of anilines is 1. The van der Waals surface area contributed by atoms with E-state index in [4.69, 9.17) is 0 Å². The van der Waals surface area contributed by atoms with Gasteiger partial charge in [0.15, 0.2) is 0 Å². The van der Waals surface area contributed by atoms with Crippen LogP contribution in [0.1, 0.15) is 28.2 Å². The van der Waals surface area contributed by atoms with Crippen molar-refractivity contribution in [2.45, 2.75) is 29.9 Å². The summed E-state index contributed by atoms with van der Waals surface area (Å²) in [7, 11) is 1.89. The number of benzene rings is 3. The van der Waals surface area contributed by atoms with Gasteiger partial charge in [-0.2, -0.15) is 0 Å². The predicted octanol–water partition coefficient (Wildman–Crippen LogP) is 5.57. The Hall–Kier alpha value is -2.52. The van der Waals surface area contributed by atoms with Gasteiger partial charge in [-0.1, -0.05) is 65.7 Å². The van der Waals surface area contributed by atoms with Crippen LogP contribution >= 0.6 is 11.8 Å². The van der Waals surface area contributed by atoms with Crippen molar-refractivity contribution in [2.75, 3.05) is 11.9 Å². The first-order valence-electron chi connectivity index (χ1n) is 9.21. The minimum atomic E-state index is -0.186. The average Bonchev–Trinajstić information content (AvgIpc) is 2.68. The molecule has 0 unspecified atom stereocenters. The van der Waals surface area contributed by atoms with Crippen molar-refractivity contribution in [3.63, 3.8) is 0 Å². The van der Waals surface area contributed by atoms with Crippen LogP contribution in [-0.2, 0) is 4.79 Å². The Morgan fingerprint density at radius 2 is 1.52 bits per heavy atom. The van der Waals surface area contributed by atoms with E-state index in [1.54, 1.807) is 11.8 Å². The topological polar surface area (TPSA) is 20.3 Å². The molecular formula is C24H23NOS. The molecule has 1 heterocycles. The maximum Gasteiger partial charge on any atom is 0.241 e. The lowest BCUT2D eigenvalue weighted by molar-refractivity contribution is -0.118. The molecule has 3 aromatic rings. The van der Waals surface area contributed by atoms with E-state index in [0.717, 1.165) is 10.6 Å². The first-order valence-corrected chi connectivity index (χ1v) is 10.1. The Morgan fingerprint density at radius 3 is 2.22 bits per heavy atom. The highest BCUT2D eigenvalue weighted by molar-refractivity contribution is 8.00. The number of carbonyl (C=O) groups is 1. The zero-order valence-corrected chi connectivity index (χ0v) is 16.7. The van der Waals surface area contributed by atoms with Crippen LogP contribution in [0.5, 0.6) is 0 Å². The molecule has 1 aliphatic rings. The first-order chi connectivity index (χ1) is 13.0. The van der Waals surface area contributed by atoms with Gasteiger partial charge < -0.3 is 4.90 Å². The number of fused-ring (bicyclic) bond motifs is 1. The second-order valence-corrected chi connectivity index (χ2v) is 8.41. The Bertz CT molecular complexity index is 965. The van der Waals surface area contributed by atoms with E-state index in [-0.39, 0.29) is 17.1 Å². The molecule has 0 N–H and O–H groups in total. The molecule has 0 spiro atoms. The van der Waals surface area contributed by atoms with Crippen LogP contribution < -0.4 is 4.90 Å². The highest BCUT2D eigenvalue weighted by Gasteiger charge is 2.40. The molecule has 2 atom stereocenters. The fourth-order valence-corrected chi connectivity index (χ4v) is 5.03. The largest absolute Gasteiger partial charge is 0.314 e. The molecule has 3 heteroatoms. The Balaban J connectivity index is 1.84. The number of aryl methyl sites for hydroxylation is 2. The monoisotopic (exact) mass is 373 g/mol. The normalized spacial score (nSPS) is 19.1. The van der Waals surface area contributed by atoms with Gasteiger partial charge in [0.2, 0.25) is 5.91 Å². The molecule has 136 valence electrons. The van der Waals surface area contributed by atoms with Gasteiger partial charge in [0.25, 0.3) is 0 Å². The molecule has 0 saturated heterocycles. The molecule has 0 fully saturated rings. The molecule has 1 amide bonds. The van der Waals surface area contributed by atoms with Crippen LogP contribution in [0.4, 0.5) is 5.69 Å². The van der Waals surface area contributed by atoms with Gasteiger partial charge >= 0.3 is 0 Å². The van der Waals surface area contributed by atoms with Crippen molar-refractivity contribution in [3.05, 3.63) is 95.1 Å². The third-order valence-corrected chi connectivity index (χ3v) is 6.47. The molecule has 0 aromatic heterocycles. The summed E-state index contributed by atoms with van der Waals surface area (Å²) in [5, 5.41) is -0.186. The van der Waals surface area contributed by atoms with Gasteiger partial charge in [-0.05, 0) is 43.2 Å². The Kier molecular flexibility index (Phi) is 4.79. The zero-order chi connectivity index (χ0) is 19.0. The summed E-state index contributed by atoms with van der Waals surface area (Å²) in [5.74, 6) is 0.196. The number of rotatable bonds is 3. The summed E-state index contributed by atoms with van der Waals surface area (Å²) in [6.07, 6.45) is 0. The lowest BCUT2D eigenvalue weighted by atomic mass is 9.83.